The van der Waals surface area contributed by atoms with E-state index in [1.165, 1.54) is 5.56 Å². The molecular weight excluding hydrogens is 444 g/mol. The molecule has 0 unspecified atom stereocenters. The number of anilines is 1. The molecule has 3 atom stereocenters. The summed E-state index contributed by atoms with van der Waals surface area (Å²) >= 11 is 0. The van der Waals surface area contributed by atoms with E-state index >= 15 is 0 Å². The summed E-state index contributed by atoms with van der Waals surface area (Å²) in [5.74, 6) is 0.462. The van der Waals surface area contributed by atoms with Gasteiger partial charge in [-0.25, -0.2) is 0 Å². The molecule has 8 nitrogen and oxygen atoms in total. The van der Waals surface area contributed by atoms with Crippen LogP contribution in [0.3, 0.4) is 0 Å². The number of likely N-dealkylation sites (N-methyl/N-ethyl adjacent to an activating group) is 1. The number of ether oxygens (including phenoxy) is 2. The molecule has 1 aliphatic heterocycles. The summed E-state index contributed by atoms with van der Waals surface area (Å²) in [5, 5.41) is 2.90. The zero-order valence-corrected chi connectivity index (χ0v) is 21.5. The molecule has 2 heterocycles. The average molecular weight is 483 g/mol. The van der Waals surface area contributed by atoms with Crippen molar-refractivity contribution < 1.29 is 19.1 Å². The first-order valence-corrected chi connectivity index (χ1v) is 12.3. The Bertz CT molecular complexity index is 984. The molecule has 3 rings (SSSR count). The summed E-state index contributed by atoms with van der Waals surface area (Å²) in [4.78, 5) is 33.6. The summed E-state index contributed by atoms with van der Waals surface area (Å²) in [6, 6.07) is 9.34. The summed E-state index contributed by atoms with van der Waals surface area (Å²) in [6.45, 7) is 8.64. The van der Waals surface area contributed by atoms with E-state index in [9.17, 15) is 9.59 Å². The van der Waals surface area contributed by atoms with Gasteiger partial charge in [0, 0.05) is 70.4 Å². The molecule has 0 saturated heterocycles. The predicted molar refractivity (Wildman–Crippen MR) is 137 cm³/mol. The Morgan fingerprint density at radius 1 is 1.20 bits per heavy atom. The zero-order valence-electron chi connectivity index (χ0n) is 21.5. The van der Waals surface area contributed by atoms with Crippen LogP contribution in [-0.2, 0) is 16.1 Å². The fraction of sp³-hybridized carbons (Fsp3) is 0.519. The maximum Gasteiger partial charge on any atom is 0.257 e. The van der Waals surface area contributed by atoms with Crippen LogP contribution in [0.4, 0.5) is 5.69 Å². The number of methoxy groups -OCH3 is 1. The number of carbonyl (C=O) groups excluding carboxylic acids is 2. The highest BCUT2D eigenvalue weighted by atomic mass is 16.5. The van der Waals surface area contributed by atoms with Gasteiger partial charge in [-0.2, -0.15) is 0 Å². The van der Waals surface area contributed by atoms with E-state index < -0.39 is 0 Å². The van der Waals surface area contributed by atoms with E-state index in [2.05, 4.69) is 29.0 Å². The van der Waals surface area contributed by atoms with Crippen LogP contribution >= 0.6 is 0 Å². The topological polar surface area (TPSA) is 84.0 Å². The normalized spacial score (nSPS) is 21.9. The van der Waals surface area contributed by atoms with Crippen LogP contribution < -0.4 is 10.1 Å². The van der Waals surface area contributed by atoms with Crippen molar-refractivity contribution in [3.63, 3.8) is 0 Å². The lowest BCUT2D eigenvalue weighted by Crippen LogP contribution is -2.46. The lowest BCUT2D eigenvalue weighted by atomic mass is 10.0. The number of nitrogens with one attached hydrogen (secondary N) is 1. The smallest absolute Gasteiger partial charge is 0.257 e. The highest BCUT2D eigenvalue weighted by Gasteiger charge is 2.28. The Morgan fingerprint density at radius 2 is 1.94 bits per heavy atom. The number of carbonyl (C=O) groups is 2. The van der Waals surface area contributed by atoms with E-state index in [-0.39, 0.29) is 29.9 Å². The lowest BCUT2D eigenvalue weighted by molar-refractivity contribution is -0.116. The molecule has 0 radical (unpaired) electrons. The zero-order chi connectivity index (χ0) is 25.4. The third-order valence-corrected chi connectivity index (χ3v) is 6.47. The van der Waals surface area contributed by atoms with Crippen LogP contribution in [0.5, 0.6) is 5.75 Å². The van der Waals surface area contributed by atoms with Gasteiger partial charge < -0.3 is 19.7 Å². The number of hydrogen-bond donors (Lipinski definition) is 1. The van der Waals surface area contributed by atoms with Gasteiger partial charge >= 0.3 is 0 Å². The number of nitrogens with zero attached hydrogens (tertiary/aromatic N) is 3. The first-order valence-electron chi connectivity index (χ1n) is 12.3. The van der Waals surface area contributed by atoms with Crippen LogP contribution in [0, 0.1) is 5.92 Å². The Kier molecular flexibility index (Phi) is 9.63. The third kappa shape index (κ3) is 7.26. The van der Waals surface area contributed by atoms with Crippen molar-refractivity contribution in [2.45, 2.75) is 52.3 Å². The Balaban J connectivity index is 1.92. The molecule has 35 heavy (non-hydrogen) atoms. The average Bonchev–Trinajstić information content (AvgIpc) is 2.85. The molecule has 0 saturated carbocycles. The van der Waals surface area contributed by atoms with Gasteiger partial charge in [0.1, 0.15) is 12.4 Å². The third-order valence-electron chi connectivity index (χ3n) is 6.47. The van der Waals surface area contributed by atoms with Crippen LogP contribution in [0.15, 0.2) is 42.7 Å². The molecule has 190 valence electrons. The van der Waals surface area contributed by atoms with E-state index in [1.807, 2.05) is 19.1 Å². The fourth-order valence-corrected chi connectivity index (χ4v) is 4.32. The first-order chi connectivity index (χ1) is 16.8. The number of rotatable bonds is 6. The van der Waals surface area contributed by atoms with Crippen molar-refractivity contribution in [1.82, 2.24) is 14.8 Å². The summed E-state index contributed by atoms with van der Waals surface area (Å²) < 4.78 is 12.1. The maximum absolute atomic E-state index is 13.3. The van der Waals surface area contributed by atoms with Gasteiger partial charge in [-0.05, 0) is 49.1 Å². The standard InChI is InChI=1S/C27H38N4O4/c1-6-7-26(32)29-22-8-9-23-24(14-22)35-18-20(3)31(16-21-10-12-28-13-11-21)15-19(2)25(34-5)17-30(4)27(23)33/h8-14,19-20,25H,6-7,15-18H2,1-5H3,(H,29,32)/t19-,20+,25+/m0/s1. The van der Waals surface area contributed by atoms with Gasteiger partial charge in [-0.3, -0.25) is 19.5 Å². The summed E-state index contributed by atoms with van der Waals surface area (Å²) in [7, 11) is 3.48. The SMILES string of the molecule is CCCC(=O)Nc1ccc2c(c1)OC[C@@H](C)N(Cc1ccncc1)C[C@H](C)[C@H](OC)CN(C)C2=O. The summed E-state index contributed by atoms with van der Waals surface area (Å²) in [6.07, 6.45) is 4.70. The Morgan fingerprint density at radius 3 is 2.63 bits per heavy atom. The van der Waals surface area contributed by atoms with Gasteiger partial charge in [0.25, 0.3) is 5.91 Å². The van der Waals surface area contributed by atoms with E-state index in [0.29, 0.717) is 36.6 Å². The molecule has 0 bridgehead atoms. The first kappa shape index (κ1) is 26.6. The van der Waals surface area contributed by atoms with Gasteiger partial charge in [-0.1, -0.05) is 13.8 Å². The molecular formula is C27H38N4O4. The molecule has 0 aliphatic carbocycles. The molecule has 1 N–H and O–H groups in total. The molecule has 0 spiro atoms. The molecule has 0 fully saturated rings. The fourth-order valence-electron chi connectivity index (χ4n) is 4.32. The number of amides is 2. The number of fused-ring (bicyclic) bond motifs is 1. The molecule has 1 aliphatic rings. The summed E-state index contributed by atoms with van der Waals surface area (Å²) in [5.41, 5.74) is 2.26. The molecule has 2 aromatic rings. The van der Waals surface area contributed by atoms with Crippen molar-refractivity contribution in [3.8, 4) is 5.75 Å². The number of pyridine rings is 1. The molecule has 8 heteroatoms. The van der Waals surface area contributed by atoms with Crippen molar-refractivity contribution in [2.75, 3.05) is 39.2 Å². The van der Waals surface area contributed by atoms with Crippen LogP contribution in [0.1, 0.15) is 49.5 Å². The Hall–Kier alpha value is -2.97. The number of aromatic nitrogens is 1. The minimum atomic E-state index is -0.137. The quantitative estimate of drug-likeness (QED) is 0.674. The second-order valence-electron chi connectivity index (χ2n) is 9.39. The van der Waals surface area contributed by atoms with E-state index in [0.717, 1.165) is 19.5 Å². The van der Waals surface area contributed by atoms with Crippen LogP contribution in [0.25, 0.3) is 0 Å². The van der Waals surface area contributed by atoms with Crippen molar-refractivity contribution in [2.24, 2.45) is 5.92 Å². The van der Waals surface area contributed by atoms with Gasteiger partial charge in [0.2, 0.25) is 5.91 Å². The number of benzene rings is 1. The highest BCUT2D eigenvalue weighted by molar-refractivity contribution is 5.98. The van der Waals surface area contributed by atoms with Gasteiger partial charge in [-0.15, -0.1) is 0 Å². The molecule has 2 amide bonds. The second-order valence-corrected chi connectivity index (χ2v) is 9.39. The van der Waals surface area contributed by atoms with Crippen molar-refractivity contribution in [3.05, 3.63) is 53.9 Å². The minimum absolute atomic E-state index is 0.0575. The molecule has 1 aromatic carbocycles. The largest absolute Gasteiger partial charge is 0.491 e. The maximum atomic E-state index is 13.3. The van der Waals surface area contributed by atoms with Crippen molar-refractivity contribution in [1.29, 1.82) is 0 Å². The molecule has 1 aromatic heterocycles. The second kappa shape index (κ2) is 12.7. The van der Waals surface area contributed by atoms with Gasteiger partial charge in [0.05, 0.1) is 11.7 Å². The lowest BCUT2D eigenvalue weighted by Gasteiger charge is -2.36. The Labute approximate surface area is 208 Å². The number of hydrogen-bond acceptors (Lipinski definition) is 6. The van der Waals surface area contributed by atoms with Gasteiger partial charge in [0.15, 0.2) is 0 Å². The van der Waals surface area contributed by atoms with Crippen molar-refractivity contribution >= 4 is 17.5 Å². The van der Waals surface area contributed by atoms with Crippen LogP contribution in [0.2, 0.25) is 0 Å². The minimum Gasteiger partial charge on any atom is -0.491 e. The predicted octanol–water partition coefficient (Wildman–Crippen LogP) is 3.83. The monoisotopic (exact) mass is 482 g/mol. The highest BCUT2D eigenvalue weighted by Crippen LogP contribution is 2.27. The van der Waals surface area contributed by atoms with Crippen LogP contribution in [-0.4, -0.2) is 72.6 Å². The van der Waals surface area contributed by atoms with E-state index in [4.69, 9.17) is 9.47 Å². The van der Waals surface area contributed by atoms with E-state index in [1.54, 1.807) is 49.7 Å².